The van der Waals surface area contributed by atoms with Gasteiger partial charge < -0.3 is 20.4 Å². The number of hydrogen-bond donors (Lipinski definition) is 12. The van der Waals surface area contributed by atoms with E-state index in [-0.39, 0.29) is 76.0 Å². The largest absolute Gasteiger partial charge is 0.507 e. The predicted molar refractivity (Wildman–Crippen MR) is 305 cm³/mol. The molecular formula is C57H76N8O12S2. The molecule has 0 saturated heterocycles. The molecule has 0 saturated carbocycles. The van der Waals surface area contributed by atoms with Crippen LogP contribution >= 0.6 is 23.5 Å². The fraction of sp³-hybridized carbons (Fsp3) is 0.439. The third-order valence-electron chi connectivity index (χ3n) is 12.7. The van der Waals surface area contributed by atoms with Crippen LogP contribution in [-0.2, 0) is 38.4 Å². The number of carbonyl (C=O) groups is 8. The Bertz CT molecular complexity index is 2540. The van der Waals surface area contributed by atoms with Gasteiger partial charge in [-0.05, 0) is 105 Å². The van der Waals surface area contributed by atoms with Crippen LogP contribution in [0.15, 0.2) is 72.8 Å². The van der Waals surface area contributed by atoms with Gasteiger partial charge in [0.05, 0.1) is 32.8 Å². The zero-order valence-corrected chi connectivity index (χ0v) is 47.0. The Balaban J connectivity index is 1.16. The van der Waals surface area contributed by atoms with Crippen molar-refractivity contribution in [1.29, 1.82) is 0 Å². The van der Waals surface area contributed by atoms with Crippen molar-refractivity contribution in [3.8, 4) is 23.0 Å². The molecule has 12 N–H and O–H groups in total. The van der Waals surface area contributed by atoms with Gasteiger partial charge >= 0.3 is 0 Å². The summed E-state index contributed by atoms with van der Waals surface area (Å²) in [6.45, 7) is 7.48. The summed E-state index contributed by atoms with van der Waals surface area (Å²) in [5, 5.41) is 40.5. The van der Waals surface area contributed by atoms with E-state index >= 15 is 0 Å². The summed E-state index contributed by atoms with van der Waals surface area (Å²) in [6, 6.07) is 18.2. The highest BCUT2D eigenvalue weighted by molar-refractivity contribution is 8.00. The molecule has 0 fully saturated rings. The number of hydrazine groups is 4. The molecular weight excluding hydrogens is 1050 g/mol. The number of nitrogens with one attached hydrogen (secondary N) is 8. The Morgan fingerprint density at radius 1 is 0.430 bits per heavy atom. The van der Waals surface area contributed by atoms with Crippen molar-refractivity contribution in [1.82, 2.24) is 43.4 Å². The Labute approximate surface area is 470 Å². The SMILES string of the molecule is CCCCCCCCc1cccc(O)c1C(=O)NNC(=O)C(C)SCCC(=O)NNC(=O)c1cc(Cc2ccc(O)c(C(=O)NNC(=O)CCSC(C)C(=O)NNC(=O)c3c(O)cccc3CCCCCCCC)c2)ccc1O. The smallest absolute Gasteiger partial charge is 0.273 e. The Hall–Kier alpha value is -7.46. The molecule has 2 atom stereocenters. The highest BCUT2D eigenvalue weighted by Crippen LogP contribution is 2.27. The van der Waals surface area contributed by atoms with E-state index in [1.54, 1.807) is 50.2 Å². The molecule has 0 aliphatic heterocycles. The Kier molecular flexibility index (Phi) is 27.9. The van der Waals surface area contributed by atoms with Gasteiger partial charge in [0, 0.05) is 24.3 Å². The molecule has 20 nitrogen and oxygen atoms in total. The number of amides is 8. The minimum atomic E-state index is -0.831. The van der Waals surface area contributed by atoms with Gasteiger partial charge in [-0.3, -0.25) is 81.8 Å². The summed E-state index contributed by atoms with van der Waals surface area (Å²) in [7, 11) is 0. The van der Waals surface area contributed by atoms with Gasteiger partial charge in [-0.25, -0.2) is 0 Å². The first-order chi connectivity index (χ1) is 37.9. The van der Waals surface area contributed by atoms with Crippen LogP contribution in [0.4, 0.5) is 0 Å². The molecule has 4 aromatic rings. The molecule has 8 amide bonds. The number of rotatable bonds is 30. The number of phenolic OH excluding ortho intramolecular Hbond substituents is 4. The van der Waals surface area contributed by atoms with E-state index in [1.807, 2.05) is 0 Å². The van der Waals surface area contributed by atoms with E-state index in [1.165, 1.54) is 49.2 Å². The van der Waals surface area contributed by atoms with E-state index in [0.29, 0.717) is 35.1 Å². The molecule has 4 rings (SSSR count). The highest BCUT2D eigenvalue weighted by atomic mass is 32.2. The lowest BCUT2D eigenvalue weighted by molar-refractivity contribution is -0.122. The summed E-state index contributed by atoms with van der Waals surface area (Å²) >= 11 is 2.25. The maximum Gasteiger partial charge on any atom is 0.273 e. The molecule has 79 heavy (non-hydrogen) atoms. The summed E-state index contributed by atoms with van der Waals surface area (Å²) in [5.41, 5.74) is 20.8. The lowest BCUT2D eigenvalue weighted by Gasteiger charge is -2.15. The standard InChI is InChI=1S/C57H76N8O12S2/c1-5-7-9-11-13-15-19-40-21-17-23-46(68)50(40)56(76)64-60-52(72)36(3)78-31-29-48(70)58-62-54(74)42-34-38(25-27-44(42)66)33-39-26-28-45(67)43(35-39)55(75)63-59-49(71)30-32-79-37(4)53(73)61-65-57(77)51-41(22-18-24-47(51)69)20-16-14-12-10-8-6-2/h17-18,21-28,34-37,66-69H,5-16,19-20,29-33H2,1-4H3,(H,58,70)(H,59,71)(H,60,72)(H,61,73)(H,62,74)(H,63,75)(H,64,76)(H,65,77). The number of aryl methyl sites for hydroxylation is 2. The van der Waals surface area contributed by atoms with Gasteiger partial charge in [0.2, 0.25) is 11.8 Å². The number of phenols is 4. The van der Waals surface area contributed by atoms with Gasteiger partial charge in [-0.2, -0.15) is 0 Å². The summed E-state index contributed by atoms with van der Waals surface area (Å²) in [6.07, 6.45) is 14.0. The first-order valence-electron chi connectivity index (χ1n) is 26.8. The molecule has 4 aromatic carbocycles. The second-order valence-corrected chi connectivity index (χ2v) is 21.9. The number of benzene rings is 4. The number of unbranched alkanes of at least 4 members (excludes halogenated alkanes) is 10. The van der Waals surface area contributed by atoms with E-state index in [2.05, 4.69) is 57.3 Å². The molecule has 2 unspecified atom stereocenters. The molecule has 0 aromatic heterocycles. The van der Waals surface area contributed by atoms with Gasteiger partial charge in [0.1, 0.15) is 23.0 Å². The molecule has 0 aliphatic carbocycles. The van der Waals surface area contributed by atoms with Crippen LogP contribution in [0.5, 0.6) is 23.0 Å². The molecule has 22 heteroatoms. The third-order valence-corrected chi connectivity index (χ3v) is 15.0. The lowest BCUT2D eigenvalue weighted by Crippen LogP contribution is -2.45. The van der Waals surface area contributed by atoms with Crippen molar-refractivity contribution in [2.24, 2.45) is 0 Å². The van der Waals surface area contributed by atoms with E-state index in [4.69, 9.17) is 0 Å². The third kappa shape index (κ3) is 22.1. The summed E-state index contributed by atoms with van der Waals surface area (Å²) in [4.78, 5) is 103. The van der Waals surface area contributed by atoms with Gasteiger partial charge in [0.25, 0.3) is 35.4 Å². The van der Waals surface area contributed by atoms with Gasteiger partial charge in [-0.1, -0.05) is 114 Å². The second-order valence-electron chi connectivity index (χ2n) is 19.0. The van der Waals surface area contributed by atoms with Crippen LogP contribution in [-0.4, -0.2) is 89.7 Å². The maximum absolute atomic E-state index is 13.1. The fourth-order valence-electron chi connectivity index (χ4n) is 8.18. The molecule has 0 bridgehead atoms. The molecule has 0 radical (unpaired) electrons. The zero-order chi connectivity index (χ0) is 57.7. The van der Waals surface area contributed by atoms with Crippen LogP contribution in [0.1, 0.15) is 181 Å². The van der Waals surface area contributed by atoms with Crippen molar-refractivity contribution in [2.75, 3.05) is 11.5 Å². The summed E-state index contributed by atoms with van der Waals surface area (Å²) < 4.78 is 0. The van der Waals surface area contributed by atoms with E-state index < -0.39 is 57.8 Å². The lowest BCUT2D eigenvalue weighted by atomic mass is 9.99. The molecule has 0 spiro atoms. The quantitative estimate of drug-likeness (QED) is 0.0179. The fourth-order valence-corrected chi connectivity index (χ4v) is 9.91. The normalized spacial score (nSPS) is 11.6. The first-order valence-corrected chi connectivity index (χ1v) is 28.9. The monoisotopic (exact) mass is 1130 g/mol. The van der Waals surface area contributed by atoms with Crippen LogP contribution in [0, 0.1) is 0 Å². The topological polar surface area (TPSA) is 314 Å². The molecule has 428 valence electrons. The first kappa shape index (κ1) is 64.1. The van der Waals surface area contributed by atoms with Crippen molar-refractivity contribution >= 4 is 70.8 Å². The van der Waals surface area contributed by atoms with E-state index in [9.17, 15) is 58.8 Å². The number of carbonyl (C=O) groups excluding carboxylic acids is 8. The van der Waals surface area contributed by atoms with Crippen LogP contribution in [0.3, 0.4) is 0 Å². The van der Waals surface area contributed by atoms with Crippen LogP contribution in [0.25, 0.3) is 0 Å². The average Bonchev–Trinajstić information content (AvgIpc) is 3.45. The number of aromatic hydroxyl groups is 4. The van der Waals surface area contributed by atoms with Crippen molar-refractivity contribution in [3.05, 3.63) is 117 Å². The van der Waals surface area contributed by atoms with Crippen molar-refractivity contribution in [2.45, 2.75) is 147 Å². The van der Waals surface area contributed by atoms with E-state index in [0.717, 1.165) is 87.7 Å². The highest BCUT2D eigenvalue weighted by Gasteiger charge is 2.22. The maximum atomic E-state index is 13.1. The molecule has 0 heterocycles. The van der Waals surface area contributed by atoms with Crippen molar-refractivity contribution < 1.29 is 58.8 Å². The zero-order valence-electron chi connectivity index (χ0n) is 45.4. The molecule has 0 aliphatic rings. The minimum Gasteiger partial charge on any atom is -0.507 e. The number of hydrogen-bond acceptors (Lipinski definition) is 14. The van der Waals surface area contributed by atoms with Crippen LogP contribution in [0.2, 0.25) is 0 Å². The average molecular weight is 1130 g/mol. The minimum absolute atomic E-state index is 0.0988. The number of thioether (sulfide) groups is 2. The van der Waals surface area contributed by atoms with Crippen LogP contribution < -0.4 is 43.4 Å². The summed E-state index contributed by atoms with van der Waals surface area (Å²) in [5.74, 6) is -6.01. The Morgan fingerprint density at radius 3 is 1.19 bits per heavy atom. The van der Waals surface area contributed by atoms with Gasteiger partial charge in [0.15, 0.2) is 0 Å². The van der Waals surface area contributed by atoms with Gasteiger partial charge in [-0.15, -0.1) is 23.5 Å². The second kappa shape index (κ2) is 34.4. The Morgan fingerprint density at radius 2 is 0.797 bits per heavy atom. The predicted octanol–water partition coefficient (Wildman–Crippen LogP) is 7.37. The van der Waals surface area contributed by atoms with Crippen molar-refractivity contribution in [3.63, 3.8) is 0 Å².